The number of hydrogen-bond donors (Lipinski definition) is 1. The molecule has 7 heteroatoms. The fourth-order valence-electron chi connectivity index (χ4n) is 2.95. The number of hydrogen-bond acceptors (Lipinski definition) is 7. The van der Waals surface area contributed by atoms with Gasteiger partial charge >= 0.3 is 0 Å². The number of fused-ring (bicyclic) bond motifs is 1. The number of piperidine rings is 1. The second kappa shape index (κ2) is 7.63. The van der Waals surface area contributed by atoms with Crippen molar-refractivity contribution in [2.75, 3.05) is 45.4 Å². The lowest BCUT2D eigenvalue weighted by Crippen LogP contribution is -2.39. The van der Waals surface area contributed by atoms with Gasteiger partial charge in [0.25, 0.3) is 0 Å². The lowest BCUT2D eigenvalue weighted by molar-refractivity contribution is 0.144. The van der Waals surface area contributed by atoms with Gasteiger partial charge in [-0.3, -0.25) is 0 Å². The minimum atomic E-state index is 0.287. The van der Waals surface area contributed by atoms with Gasteiger partial charge in [0.05, 0.1) is 31.1 Å². The van der Waals surface area contributed by atoms with Gasteiger partial charge in [0, 0.05) is 37.7 Å². The summed E-state index contributed by atoms with van der Waals surface area (Å²) in [4.78, 5) is 2.31. The number of anilines is 1. The van der Waals surface area contributed by atoms with Crippen molar-refractivity contribution in [3.63, 3.8) is 0 Å². The Bertz CT molecular complexity index is 687. The molecule has 1 fully saturated rings. The van der Waals surface area contributed by atoms with Crippen molar-refractivity contribution in [3.8, 4) is 11.5 Å². The summed E-state index contributed by atoms with van der Waals surface area (Å²) in [5.74, 6) is 1.33. The molecule has 7 nitrogen and oxygen atoms in total. The molecule has 24 heavy (non-hydrogen) atoms. The van der Waals surface area contributed by atoms with E-state index in [1.165, 1.54) is 0 Å². The highest BCUT2D eigenvalue weighted by molar-refractivity contribution is 5.93. The molecule has 1 aromatic carbocycles. The summed E-state index contributed by atoms with van der Waals surface area (Å²) in [7, 11) is 3.27. The number of methoxy groups -OCH3 is 2. The molecule has 3 rings (SSSR count). The third kappa shape index (κ3) is 3.52. The van der Waals surface area contributed by atoms with E-state index in [2.05, 4.69) is 15.1 Å². The fourth-order valence-corrected chi connectivity index (χ4v) is 2.95. The maximum Gasteiger partial charge on any atom is 0.163 e. The van der Waals surface area contributed by atoms with E-state index in [0.29, 0.717) is 24.7 Å². The molecule has 2 heterocycles. The van der Waals surface area contributed by atoms with E-state index in [9.17, 15) is 0 Å². The summed E-state index contributed by atoms with van der Waals surface area (Å²) < 4.78 is 16.3. The summed E-state index contributed by atoms with van der Waals surface area (Å²) in [5.41, 5.74) is 7.87. The Hall–Kier alpha value is -2.12. The normalized spacial score (nSPS) is 15.7. The molecule has 0 radical (unpaired) electrons. The molecule has 2 aromatic rings. The van der Waals surface area contributed by atoms with E-state index >= 15 is 0 Å². The Morgan fingerprint density at radius 1 is 1.17 bits per heavy atom. The molecule has 2 N–H and O–H groups in total. The molecule has 0 unspecified atom stereocenters. The van der Waals surface area contributed by atoms with Gasteiger partial charge in [-0.15, -0.1) is 0 Å². The Morgan fingerprint density at radius 2 is 1.96 bits per heavy atom. The molecule has 0 spiro atoms. The zero-order chi connectivity index (χ0) is 16.9. The highest BCUT2D eigenvalue weighted by atomic mass is 16.5. The first-order valence-corrected chi connectivity index (χ1v) is 8.18. The maximum atomic E-state index is 6.01. The average Bonchev–Trinajstić information content (AvgIpc) is 2.61. The first-order chi connectivity index (χ1) is 11.7. The SMILES string of the molecule is COCCOc1cc2c(N3CCC(N)CC3)cnnc2cc1OC. The minimum Gasteiger partial charge on any atom is -0.493 e. The lowest BCUT2D eigenvalue weighted by atomic mass is 10.0. The van der Waals surface area contributed by atoms with E-state index in [0.717, 1.165) is 42.5 Å². The Kier molecular flexibility index (Phi) is 5.32. The maximum absolute atomic E-state index is 6.01. The van der Waals surface area contributed by atoms with Crippen LogP contribution in [-0.4, -0.2) is 56.8 Å². The number of aromatic nitrogens is 2. The third-order valence-electron chi connectivity index (χ3n) is 4.33. The van der Waals surface area contributed by atoms with Crippen LogP contribution in [0.1, 0.15) is 12.8 Å². The number of benzene rings is 1. The van der Waals surface area contributed by atoms with Crippen molar-refractivity contribution in [2.45, 2.75) is 18.9 Å². The van der Waals surface area contributed by atoms with Gasteiger partial charge in [-0.2, -0.15) is 10.2 Å². The van der Waals surface area contributed by atoms with Gasteiger partial charge in [-0.25, -0.2) is 0 Å². The van der Waals surface area contributed by atoms with E-state index in [1.54, 1.807) is 14.2 Å². The van der Waals surface area contributed by atoms with Crippen LogP contribution in [0.15, 0.2) is 18.3 Å². The van der Waals surface area contributed by atoms with Crippen LogP contribution in [0.4, 0.5) is 5.69 Å². The van der Waals surface area contributed by atoms with Gasteiger partial charge in [-0.1, -0.05) is 0 Å². The van der Waals surface area contributed by atoms with Gasteiger partial charge in [0.2, 0.25) is 0 Å². The number of rotatable bonds is 6. The van der Waals surface area contributed by atoms with E-state index in [4.69, 9.17) is 19.9 Å². The summed E-state index contributed by atoms with van der Waals surface area (Å²) >= 11 is 0. The molecule has 0 aliphatic carbocycles. The smallest absolute Gasteiger partial charge is 0.163 e. The lowest BCUT2D eigenvalue weighted by Gasteiger charge is -2.32. The van der Waals surface area contributed by atoms with Crippen molar-refractivity contribution < 1.29 is 14.2 Å². The Labute approximate surface area is 141 Å². The highest BCUT2D eigenvalue weighted by Crippen LogP contribution is 2.36. The van der Waals surface area contributed by atoms with Crippen LogP contribution in [0.2, 0.25) is 0 Å². The first kappa shape index (κ1) is 16.7. The molecular formula is C17H24N4O3. The molecule has 1 aromatic heterocycles. The minimum absolute atomic E-state index is 0.287. The van der Waals surface area contributed by atoms with Crippen LogP contribution in [-0.2, 0) is 4.74 Å². The second-order valence-electron chi connectivity index (χ2n) is 5.92. The van der Waals surface area contributed by atoms with E-state index in [-0.39, 0.29) is 6.04 Å². The van der Waals surface area contributed by atoms with Gasteiger partial charge in [0.1, 0.15) is 6.61 Å². The predicted octanol–water partition coefficient (Wildman–Crippen LogP) is 1.59. The number of ether oxygens (including phenoxy) is 3. The molecule has 1 aliphatic heterocycles. The molecule has 0 amide bonds. The van der Waals surface area contributed by atoms with E-state index < -0.39 is 0 Å². The van der Waals surface area contributed by atoms with Gasteiger partial charge in [0.15, 0.2) is 11.5 Å². The topological polar surface area (TPSA) is 82.7 Å². The quantitative estimate of drug-likeness (QED) is 0.804. The van der Waals surface area contributed by atoms with Crippen LogP contribution in [0.25, 0.3) is 10.9 Å². The Balaban J connectivity index is 1.96. The van der Waals surface area contributed by atoms with Gasteiger partial charge < -0.3 is 24.8 Å². The zero-order valence-corrected chi connectivity index (χ0v) is 14.2. The van der Waals surface area contributed by atoms with Crippen molar-refractivity contribution in [3.05, 3.63) is 18.3 Å². The van der Waals surface area contributed by atoms with Crippen molar-refractivity contribution in [1.29, 1.82) is 0 Å². The molecule has 0 saturated carbocycles. The molecule has 1 saturated heterocycles. The second-order valence-corrected chi connectivity index (χ2v) is 5.92. The molecule has 0 atom stereocenters. The number of nitrogens with zero attached hydrogens (tertiary/aromatic N) is 3. The van der Waals surface area contributed by atoms with Crippen LogP contribution >= 0.6 is 0 Å². The fraction of sp³-hybridized carbons (Fsp3) is 0.529. The van der Waals surface area contributed by atoms with E-state index in [1.807, 2.05) is 18.3 Å². The average molecular weight is 332 g/mol. The number of nitrogens with two attached hydrogens (primary N) is 1. The van der Waals surface area contributed by atoms with Crippen LogP contribution in [0.3, 0.4) is 0 Å². The predicted molar refractivity (Wildman–Crippen MR) is 92.9 cm³/mol. The third-order valence-corrected chi connectivity index (χ3v) is 4.33. The summed E-state index contributed by atoms with van der Waals surface area (Å²) in [5, 5.41) is 9.39. The first-order valence-electron chi connectivity index (χ1n) is 8.18. The van der Waals surface area contributed by atoms with Crippen LogP contribution < -0.4 is 20.1 Å². The van der Waals surface area contributed by atoms with Gasteiger partial charge in [-0.05, 0) is 18.9 Å². The molecule has 0 bridgehead atoms. The summed E-state index contributed by atoms with van der Waals surface area (Å²) in [6.45, 7) is 2.83. The monoisotopic (exact) mass is 332 g/mol. The molecule has 130 valence electrons. The highest BCUT2D eigenvalue weighted by Gasteiger charge is 2.20. The van der Waals surface area contributed by atoms with Crippen LogP contribution in [0.5, 0.6) is 11.5 Å². The molecular weight excluding hydrogens is 308 g/mol. The largest absolute Gasteiger partial charge is 0.493 e. The molecule has 1 aliphatic rings. The van der Waals surface area contributed by atoms with Crippen molar-refractivity contribution >= 4 is 16.6 Å². The van der Waals surface area contributed by atoms with Crippen molar-refractivity contribution in [1.82, 2.24) is 10.2 Å². The summed E-state index contributed by atoms with van der Waals surface area (Å²) in [6.07, 6.45) is 3.78. The summed E-state index contributed by atoms with van der Waals surface area (Å²) in [6, 6.07) is 4.13. The van der Waals surface area contributed by atoms with Crippen LogP contribution in [0, 0.1) is 0 Å². The zero-order valence-electron chi connectivity index (χ0n) is 14.2. The van der Waals surface area contributed by atoms with Crippen molar-refractivity contribution in [2.24, 2.45) is 5.73 Å². The Morgan fingerprint density at radius 3 is 2.67 bits per heavy atom. The standard InChI is InChI=1S/C17H24N4O3/c1-22-7-8-24-17-9-13-14(10-16(17)23-2)20-19-11-15(13)21-5-3-12(18)4-6-21/h9-12H,3-8,18H2,1-2H3.